The van der Waals surface area contributed by atoms with Crippen LogP contribution in [-0.4, -0.2) is 63.0 Å². The van der Waals surface area contributed by atoms with Gasteiger partial charge in [-0.25, -0.2) is 0 Å². The Morgan fingerprint density at radius 3 is 2.71 bits per heavy atom. The van der Waals surface area contributed by atoms with Crippen LogP contribution in [0, 0.1) is 5.92 Å². The molecule has 1 atom stereocenters. The topological polar surface area (TPSA) is 78.6 Å². The van der Waals surface area contributed by atoms with Gasteiger partial charge in [-0.05, 0) is 25.2 Å². The van der Waals surface area contributed by atoms with Gasteiger partial charge in [-0.3, -0.25) is 4.99 Å². The van der Waals surface area contributed by atoms with Gasteiger partial charge in [0.2, 0.25) is 0 Å². The molecule has 1 saturated heterocycles. The van der Waals surface area contributed by atoms with E-state index in [1.54, 1.807) is 6.33 Å². The van der Waals surface area contributed by atoms with E-state index in [1.807, 2.05) is 0 Å². The largest absolute Gasteiger partial charge is 0.393 e. The highest BCUT2D eigenvalue weighted by Gasteiger charge is 2.20. The van der Waals surface area contributed by atoms with Crippen LogP contribution in [0.2, 0.25) is 0 Å². The van der Waals surface area contributed by atoms with Crippen molar-refractivity contribution in [2.45, 2.75) is 78.4 Å². The molecular formula is C20H39IN6O. The minimum Gasteiger partial charge on any atom is -0.393 e. The second-order valence-electron chi connectivity index (χ2n) is 7.52. The minimum atomic E-state index is -0.167. The number of piperidine rings is 1. The van der Waals surface area contributed by atoms with E-state index >= 15 is 0 Å². The quantitative estimate of drug-likeness (QED) is 0.290. The van der Waals surface area contributed by atoms with E-state index in [4.69, 9.17) is 4.99 Å². The first kappa shape index (κ1) is 25.1. The molecule has 0 radical (unpaired) electrons. The number of rotatable bonds is 10. The number of halogens is 1. The molecule has 0 spiro atoms. The number of hydrogen-bond acceptors (Lipinski definition) is 4. The highest BCUT2D eigenvalue weighted by atomic mass is 127. The molecule has 2 N–H and O–H groups in total. The molecule has 1 aliphatic heterocycles. The predicted octanol–water partition coefficient (Wildman–Crippen LogP) is 3.08. The van der Waals surface area contributed by atoms with Crippen LogP contribution in [0.1, 0.15) is 65.1 Å². The molecule has 0 aliphatic carbocycles. The fourth-order valence-electron chi connectivity index (χ4n) is 3.51. The molecule has 2 heterocycles. The average Bonchev–Trinajstić information content (AvgIpc) is 3.15. The predicted molar refractivity (Wildman–Crippen MR) is 125 cm³/mol. The molecule has 0 amide bonds. The maximum absolute atomic E-state index is 9.82. The summed E-state index contributed by atoms with van der Waals surface area (Å²) in [7, 11) is 0. The highest BCUT2D eigenvalue weighted by molar-refractivity contribution is 14.0. The van der Waals surface area contributed by atoms with Gasteiger partial charge in [0.15, 0.2) is 5.96 Å². The SMILES string of the molecule is CCCCC(CC)CN=C(NCCn1cnnc1CC)N1CCC(O)CC1.I. The number of unbranched alkanes of at least 4 members (excludes halogenated alkanes) is 1. The number of nitrogens with zero attached hydrogens (tertiary/aromatic N) is 5. The fourth-order valence-corrected chi connectivity index (χ4v) is 3.51. The number of hydrogen-bond donors (Lipinski definition) is 2. The maximum Gasteiger partial charge on any atom is 0.193 e. The smallest absolute Gasteiger partial charge is 0.193 e. The zero-order chi connectivity index (χ0) is 19.5. The van der Waals surface area contributed by atoms with Gasteiger partial charge in [-0.15, -0.1) is 34.2 Å². The molecule has 1 aliphatic rings. The molecule has 1 aromatic rings. The first-order chi connectivity index (χ1) is 13.2. The van der Waals surface area contributed by atoms with Crippen molar-refractivity contribution in [1.29, 1.82) is 0 Å². The molecule has 2 rings (SSSR count). The summed E-state index contributed by atoms with van der Waals surface area (Å²) < 4.78 is 2.10. The van der Waals surface area contributed by atoms with E-state index in [9.17, 15) is 5.11 Å². The van der Waals surface area contributed by atoms with Gasteiger partial charge in [0.05, 0.1) is 6.10 Å². The van der Waals surface area contributed by atoms with Crippen molar-refractivity contribution in [3.8, 4) is 0 Å². The minimum absolute atomic E-state index is 0. The number of likely N-dealkylation sites (tertiary alicyclic amines) is 1. The molecule has 0 saturated carbocycles. The molecule has 162 valence electrons. The second-order valence-corrected chi connectivity index (χ2v) is 7.52. The van der Waals surface area contributed by atoms with E-state index in [-0.39, 0.29) is 30.1 Å². The number of aliphatic hydroxyl groups is 1. The lowest BCUT2D eigenvalue weighted by molar-refractivity contribution is 0.108. The lowest BCUT2D eigenvalue weighted by Crippen LogP contribution is -2.47. The normalized spacial score (nSPS) is 16.7. The van der Waals surface area contributed by atoms with Crippen molar-refractivity contribution < 1.29 is 5.11 Å². The third-order valence-electron chi connectivity index (χ3n) is 5.45. The van der Waals surface area contributed by atoms with Crippen LogP contribution in [0.4, 0.5) is 0 Å². The van der Waals surface area contributed by atoms with E-state index in [0.29, 0.717) is 5.92 Å². The van der Waals surface area contributed by atoms with E-state index in [0.717, 1.165) is 63.8 Å². The van der Waals surface area contributed by atoms with Crippen molar-refractivity contribution in [1.82, 2.24) is 25.0 Å². The van der Waals surface area contributed by atoms with Crippen molar-refractivity contribution in [3.05, 3.63) is 12.2 Å². The van der Waals surface area contributed by atoms with Gasteiger partial charge in [0.1, 0.15) is 12.2 Å². The van der Waals surface area contributed by atoms with E-state index < -0.39 is 0 Å². The summed E-state index contributed by atoms with van der Waals surface area (Å²) >= 11 is 0. The van der Waals surface area contributed by atoms with Crippen molar-refractivity contribution in [2.24, 2.45) is 10.9 Å². The first-order valence-electron chi connectivity index (χ1n) is 10.8. The standard InChI is InChI=1S/C20H38N6O.HI/c1-4-7-8-17(5-2)15-22-20(25-12-9-18(27)10-13-25)21-11-14-26-16-23-24-19(26)6-3;/h16-18,27H,4-15H2,1-3H3,(H,21,22);1H. The van der Waals surface area contributed by atoms with Crippen LogP contribution >= 0.6 is 24.0 Å². The summed E-state index contributed by atoms with van der Waals surface area (Å²) in [6.07, 6.45) is 9.11. The van der Waals surface area contributed by atoms with Crippen LogP contribution in [0.25, 0.3) is 0 Å². The Kier molecular flexibility index (Phi) is 12.7. The van der Waals surface area contributed by atoms with Gasteiger partial charge >= 0.3 is 0 Å². The second kappa shape index (κ2) is 14.1. The van der Waals surface area contributed by atoms with Crippen LogP contribution in [0.5, 0.6) is 0 Å². The summed E-state index contributed by atoms with van der Waals surface area (Å²) in [5, 5.41) is 21.5. The molecular weight excluding hydrogens is 467 g/mol. The number of aromatic nitrogens is 3. The van der Waals surface area contributed by atoms with Gasteiger partial charge in [-0.2, -0.15) is 0 Å². The Labute approximate surface area is 187 Å². The first-order valence-corrected chi connectivity index (χ1v) is 10.8. The number of aliphatic imine (C=N–C) groups is 1. The average molecular weight is 506 g/mol. The van der Waals surface area contributed by atoms with Crippen LogP contribution in [0.3, 0.4) is 0 Å². The van der Waals surface area contributed by atoms with Gasteiger partial charge in [0, 0.05) is 39.1 Å². The molecule has 28 heavy (non-hydrogen) atoms. The number of aryl methyl sites for hydroxylation is 1. The Hall–Kier alpha value is -0.900. The summed E-state index contributed by atoms with van der Waals surface area (Å²) in [6, 6.07) is 0. The molecule has 7 nitrogen and oxygen atoms in total. The molecule has 1 unspecified atom stereocenters. The molecule has 0 bridgehead atoms. The van der Waals surface area contributed by atoms with Gasteiger partial charge < -0.3 is 19.9 Å². The Bertz CT molecular complexity index is 557. The summed E-state index contributed by atoms with van der Waals surface area (Å²) in [4.78, 5) is 7.27. The van der Waals surface area contributed by atoms with Crippen molar-refractivity contribution >= 4 is 29.9 Å². The summed E-state index contributed by atoms with van der Waals surface area (Å²) in [6.45, 7) is 10.9. The third kappa shape index (κ3) is 8.23. The molecule has 1 fully saturated rings. The number of aliphatic hydroxyl groups excluding tert-OH is 1. The van der Waals surface area contributed by atoms with Gasteiger partial charge in [0.25, 0.3) is 0 Å². The van der Waals surface area contributed by atoms with E-state index in [2.05, 4.69) is 45.8 Å². The lowest BCUT2D eigenvalue weighted by atomic mass is 10.00. The monoisotopic (exact) mass is 506 g/mol. The molecule has 0 aromatic carbocycles. The van der Waals surface area contributed by atoms with Crippen LogP contribution in [0.15, 0.2) is 11.3 Å². The van der Waals surface area contributed by atoms with E-state index in [1.165, 1.54) is 25.7 Å². The lowest BCUT2D eigenvalue weighted by Gasteiger charge is -2.32. The number of guanidine groups is 1. The highest BCUT2D eigenvalue weighted by Crippen LogP contribution is 2.14. The van der Waals surface area contributed by atoms with Crippen molar-refractivity contribution in [2.75, 3.05) is 26.2 Å². The van der Waals surface area contributed by atoms with Crippen LogP contribution in [-0.2, 0) is 13.0 Å². The molecule has 1 aromatic heterocycles. The third-order valence-corrected chi connectivity index (χ3v) is 5.45. The Morgan fingerprint density at radius 1 is 1.32 bits per heavy atom. The van der Waals surface area contributed by atoms with Crippen molar-refractivity contribution in [3.63, 3.8) is 0 Å². The van der Waals surface area contributed by atoms with Crippen LogP contribution < -0.4 is 5.32 Å². The maximum atomic E-state index is 9.82. The van der Waals surface area contributed by atoms with Gasteiger partial charge in [-0.1, -0.05) is 40.0 Å². The Balaban J connectivity index is 0.00000392. The Morgan fingerprint density at radius 2 is 2.07 bits per heavy atom. The summed E-state index contributed by atoms with van der Waals surface area (Å²) in [5.74, 6) is 2.66. The summed E-state index contributed by atoms with van der Waals surface area (Å²) in [5.41, 5.74) is 0. The number of nitrogens with one attached hydrogen (secondary N) is 1. The zero-order valence-electron chi connectivity index (χ0n) is 17.8. The molecule has 8 heteroatoms. The zero-order valence-corrected chi connectivity index (χ0v) is 20.1. The fraction of sp³-hybridized carbons (Fsp3) is 0.850.